The molecule has 6 heteroatoms. The van der Waals surface area contributed by atoms with E-state index < -0.39 is 0 Å². The van der Waals surface area contributed by atoms with Gasteiger partial charge in [0.1, 0.15) is 0 Å². The third-order valence-corrected chi connectivity index (χ3v) is 3.51. The molecule has 1 aromatic heterocycles. The fraction of sp³-hybridized carbons (Fsp3) is 0.786. The summed E-state index contributed by atoms with van der Waals surface area (Å²) in [6, 6.07) is 0. The second kappa shape index (κ2) is 7.87. The summed E-state index contributed by atoms with van der Waals surface area (Å²) >= 11 is 0. The second-order valence-corrected chi connectivity index (χ2v) is 5.08. The Morgan fingerprint density at radius 3 is 2.15 bits per heavy atom. The molecule has 0 bridgehead atoms. The predicted octanol–water partition coefficient (Wildman–Crippen LogP) is 2.24. The Labute approximate surface area is 122 Å². The number of aromatic nitrogens is 3. The molecule has 0 aliphatic carbocycles. The van der Waals surface area contributed by atoms with Gasteiger partial charge in [0.05, 0.1) is 0 Å². The Morgan fingerprint density at radius 2 is 1.65 bits per heavy atom. The zero-order valence-electron chi connectivity index (χ0n) is 13.6. The maximum atomic E-state index is 4.60. The highest BCUT2D eigenvalue weighted by Crippen LogP contribution is 2.16. The first-order valence-corrected chi connectivity index (χ1v) is 7.45. The summed E-state index contributed by atoms with van der Waals surface area (Å²) in [6.45, 7) is 11.4. The highest BCUT2D eigenvalue weighted by molar-refractivity contribution is 5.44. The van der Waals surface area contributed by atoms with Crippen molar-refractivity contribution in [3.8, 4) is 0 Å². The molecule has 1 rings (SSSR count). The van der Waals surface area contributed by atoms with E-state index in [2.05, 4.69) is 57.8 Å². The van der Waals surface area contributed by atoms with Crippen molar-refractivity contribution in [2.45, 2.75) is 34.1 Å². The van der Waals surface area contributed by atoms with Crippen molar-refractivity contribution in [1.82, 2.24) is 15.0 Å². The van der Waals surface area contributed by atoms with Crippen LogP contribution in [0, 0.1) is 5.92 Å². The normalized spacial score (nSPS) is 12.1. The van der Waals surface area contributed by atoms with E-state index in [0.29, 0.717) is 11.9 Å². The Morgan fingerprint density at radius 1 is 1.05 bits per heavy atom. The first-order chi connectivity index (χ1) is 9.55. The number of rotatable bonds is 8. The molecule has 20 heavy (non-hydrogen) atoms. The topological polar surface area (TPSA) is 57.2 Å². The minimum atomic E-state index is 0.617. The molecule has 6 nitrogen and oxygen atoms in total. The average molecular weight is 280 g/mol. The molecular weight excluding hydrogens is 252 g/mol. The average Bonchev–Trinajstić information content (AvgIpc) is 2.47. The van der Waals surface area contributed by atoms with E-state index in [1.54, 1.807) is 0 Å². The lowest BCUT2D eigenvalue weighted by atomic mass is 10.1. The molecule has 1 unspecified atom stereocenters. The van der Waals surface area contributed by atoms with Crippen molar-refractivity contribution >= 4 is 17.8 Å². The number of nitrogens with one attached hydrogen (secondary N) is 1. The molecule has 1 heterocycles. The van der Waals surface area contributed by atoms with Crippen LogP contribution in [-0.4, -0.2) is 48.7 Å². The van der Waals surface area contributed by atoms with Gasteiger partial charge in [0.15, 0.2) is 0 Å². The predicted molar refractivity (Wildman–Crippen MR) is 85.7 cm³/mol. The van der Waals surface area contributed by atoms with E-state index in [1.807, 2.05) is 14.1 Å². The van der Waals surface area contributed by atoms with Gasteiger partial charge in [-0.15, -0.1) is 0 Å². The van der Waals surface area contributed by atoms with Gasteiger partial charge in [-0.1, -0.05) is 20.3 Å². The van der Waals surface area contributed by atoms with Crippen molar-refractivity contribution in [2.24, 2.45) is 5.92 Å². The second-order valence-electron chi connectivity index (χ2n) is 5.08. The van der Waals surface area contributed by atoms with Crippen LogP contribution in [0.2, 0.25) is 0 Å². The van der Waals surface area contributed by atoms with Crippen molar-refractivity contribution in [2.75, 3.05) is 48.8 Å². The van der Waals surface area contributed by atoms with Gasteiger partial charge in [-0.3, -0.25) is 0 Å². The van der Waals surface area contributed by atoms with Crippen molar-refractivity contribution < 1.29 is 0 Å². The van der Waals surface area contributed by atoms with Crippen LogP contribution >= 0.6 is 0 Å². The summed E-state index contributed by atoms with van der Waals surface area (Å²) in [7, 11) is 3.87. The maximum absolute atomic E-state index is 4.60. The van der Waals surface area contributed by atoms with E-state index in [0.717, 1.165) is 38.0 Å². The smallest absolute Gasteiger partial charge is 0.231 e. The summed E-state index contributed by atoms with van der Waals surface area (Å²) in [5.74, 6) is 2.70. The molecule has 0 saturated carbocycles. The van der Waals surface area contributed by atoms with Gasteiger partial charge < -0.3 is 15.1 Å². The first kappa shape index (κ1) is 16.5. The van der Waals surface area contributed by atoms with E-state index >= 15 is 0 Å². The molecule has 0 aliphatic heterocycles. The third kappa shape index (κ3) is 4.21. The van der Waals surface area contributed by atoms with Gasteiger partial charge >= 0.3 is 0 Å². The number of hydrogen-bond acceptors (Lipinski definition) is 6. The Balaban J connectivity index is 3.03. The molecule has 1 atom stereocenters. The van der Waals surface area contributed by atoms with Gasteiger partial charge in [0.2, 0.25) is 17.8 Å². The standard InChI is InChI=1S/C14H28N6/c1-7-11(4)10-19(6)13-16-12(15-5)17-14(18-13)20(8-2)9-3/h11H,7-10H2,1-6H3,(H,15,16,17,18). The van der Waals surface area contributed by atoms with E-state index in [-0.39, 0.29) is 0 Å². The molecule has 0 fully saturated rings. The summed E-state index contributed by atoms with van der Waals surface area (Å²) < 4.78 is 0. The Bertz CT molecular complexity index is 405. The van der Waals surface area contributed by atoms with Crippen LogP contribution in [0.4, 0.5) is 17.8 Å². The van der Waals surface area contributed by atoms with E-state index in [4.69, 9.17) is 0 Å². The van der Waals surface area contributed by atoms with E-state index in [1.165, 1.54) is 0 Å². The lowest BCUT2D eigenvalue weighted by molar-refractivity contribution is 0.554. The van der Waals surface area contributed by atoms with Gasteiger partial charge in [0.25, 0.3) is 0 Å². The molecule has 0 aliphatic rings. The SMILES string of the molecule is CCC(C)CN(C)c1nc(NC)nc(N(CC)CC)n1. The number of nitrogens with zero attached hydrogens (tertiary/aromatic N) is 5. The quantitative estimate of drug-likeness (QED) is 0.788. The molecule has 0 aromatic carbocycles. The molecule has 0 amide bonds. The van der Waals surface area contributed by atoms with Crippen LogP contribution in [0.1, 0.15) is 34.1 Å². The molecule has 1 N–H and O–H groups in total. The third-order valence-electron chi connectivity index (χ3n) is 3.51. The zero-order chi connectivity index (χ0) is 15.1. The fourth-order valence-corrected chi connectivity index (χ4v) is 1.96. The summed E-state index contributed by atoms with van der Waals surface area (Å²) in [5.41, 5.74) is 0. The van der Waals surface area contributed by atoms with Crippen molar-refractivity contribution in [3.63, 3.8) is 0 Å². The van der Waals surface area contributed by atoms with Crippen molar-refractivity contribution in [3.05, 3.63) is 0 Å². The van der Waals surface area contributed by atoms with Crippen LogP contribution < -0.4 is 15.1 Å². The summed E-state index contributed by atoms with van der Waals surface area (Å²) in [4.78, 5) is 17.7. The molecule has 0 saturated heterocycles. The highest BCUT2D eigenvalue weighted by atomic mass is 15.4. The van der Waals surface area contributed by atoms with Crippen LogP contribution in [0.3, 0.4) is 0 Å². The number of hydrogen-bond donors (Lipinski definition) is 1. The summed E-state index contributed by atoms with van der Waals surface area (Å²) in [5, 5.41) is 3.02. The van der Waals surface area contributed by atoms with Crippen LogP contribution in [-0.2, 0) is 0 Å². The van der Waals surface area contributed by atoms with Gasteiger partial charge in [-0.25, -0.2) is 0 Å². The molecule has 0 radical (unpaired) electrons. The fourth-order valence-electron chi connectivity index (χ4n) is 1.96. The molecule has 1 aromatic rings. The minimum Gasteiger partial charge on any atom is -0.357 e. The molecular formula is C14H28N6. The highest BCUT2D eigenvalue weighted by Gasteiger charge is 2.14. The zero-order valence-corrected chi connectivity index (χ0v) is 13.6. The lowest BCUT2D eigenvalue weighted by Crippen LogP contribution is -2.29. The Hall–Kier alpha value is -1.59. The monoisotopic (exact) mass is 280 g/mol. The van der Waals surface area contributed by atoms with Crippen LogP contribution in [0.5, 0.6) is 0 Å². The maximum Gasteiger partial charge on any atom is 0.231 e. The molecule has 114 valence electrons. The Kier molecular flexibility index (Phi) is 6.48. The molecule has 0 spiro atoms. The van der Waals surface area contributed by atoms with Crippen LogP contribution in [0.25, 0.3) is 0 Å². The van der Waals surface area contributed by atoms with Gasteiger partial charge in [-0.05, 0) is 19.8 Å². The van der Waals surface area contributed by atoms with Gasteiger partial charge in [-0.2, -0.15) is 15.0 Å². The van der Waals surface area contributed by atoms with Crippen LogP contribution in [0.15, 0.2) is 0 Å². The minimum absolute atomic E-state index is 0.617. The lowest BCUT2D eigenvalue weighted by Gasteiger charge is -2.24. The van der Waals surface area contributed by atoms with Gasteiger partial charge in [0, 0.05) is 33.7 Å². The number of anilines is 3. The van der Waals surface area contributed by atoms with Crippen molar-refractivity contribution in [1.29, 1.82) is 0 Å². The largest absolute Gasteiger partial charge is 0.357 e. The first-order valence-electron chi connectivity index (χ1n) is 7.45. The van der Waals surface area contributed by atoms with E-state index in [9.17, 15) is 0 Å². The summed E-state index contributed by atoms with van der Waals surface area (Å²) in [6.07, 6.45) is 1.15.